The summed E-state index contributed by atoms with van der Waals surface area (Å²) in [6.45, 7) is 0.150. The normalized spacial score (nSPS) is 19.1. The summed E-state index contributed by atoms with van der Waals surface area (Å²) in [5.41, 5.74) is -0.910. The maximum Gasteiger partial charge on any atom is 0.451 e. The van der Waals surface area contributed by atoms with Gasteiger partial charge in [-0.05, 0) is 12.8 Å². The Morgan fingerprint density at radius 2 is 1.81 bits per heavy atom. The van der Waals surface area contributed by atoms with Gasteiger partial charge in [-0.2, -0.15) is 13.2 Å². The number of aromatic nitrogens is 2. The van der Waals surface area contributed by atoms with Gasteiger partial charge in [-0.25, -0.2) is 9.97 Å². The van der Waals surface area contributed by atoms with E-state index in [4.69, 9.17) is 11.6 Å². The lowest BCUT2D eigenvalue weighted by Gasteiger charge is -2.27. The molecule has 0 amide bonds. The molecular weight excluding hydrogens is 307 g/mol. The summed E-state index contributed by atoms with van der Waals surface area (Å²) in [7, 11) is 0. The molecule has 1 saturated carbocycles. The van der Waals surface area contributed by atoms with E-state index in [1.54, 1.807) is 0 Å². The minimum absolute atomic E-state index is 0.0278. The lowest BCUT2D eigenvalue weighted by atomic mass is 9.94. The second-order valence-corrected chi connectivity index (χ2v) is 5.78. The van der Waals surface area contributed by atoms with Crippen molar-refractivity contribution >= 4 is 17.4 Å². The number of alkyl halides is 3. The molecule has 1 heterocycles. The molecule has 1 fully saturated rings. The third-order valence-electron chi connectivity index (χ3n) is 3.58. The van der Waals surface area contributed by atoms with E-state index < -0.39 is 17.6 Å². The van der Waals surface area contributed by atoms with E-state index >= 15 is 0 Å². The average molecular weight is 324 g/mol. The van der Waals surface area contributed by atoms with Crippen LogP contribution in [0.2, 0.25) is 5.15 Å². The molecule has 1 aliphatic carbocycles. The van der Waals surface area contributed by atoms with Gasteiger partial charge >= 0.3 is 6.18 Å². The van der Waals surface area contributed by atoms with E-state index in [1.165, 1.54) is 6.07 Å². The molecule has 21 heavy (non-hydrogen) atoms. The van der Waals surface area contributed by atoms with Crippen molar-refractivity contribution in [2.45, 2.75) is 50.3 Å². The quantitative estimate of drug-likeness (QED) is 0.658. The Morgan fingerprint density at radius 3 is 2.38 bits per heavy atom. The highest BCUT2D eigenvalue weighted by molar-refractivity contribution is 6.29. The van der Waals surface area contributed by atoms with Gasteiger partial charge in [0.25, 0.3) is 0 Å². The van der Waals surface area contributed by atoms with Crippen molar-refractivity contribution < 1.29 is 18.3 Å². The first kappa shape index (κ1) is 16.3. The van der Waals surface area contributed by atoms with Gasteiger partial charge in [0, 0.05) is 12.6 Å². The van der Waals surface area contributed by atoms with Crippen molar-refractivity contribution in [2.75, 3.05) is 11.9 Å². The second-order valence-electron chi connectivity index (χ2n) is 5.39. The Labute approximate surface area is 125 Å². The van der Waals surface area contributed by atoms with Crippen LogP contribution in [0.25, 0.3) is 0 Å². The smallest absolute Gasteiger partial charge is 0.388 e. The zero-order valence-electron chi connectivity index (χ0n) is 11.4. The lowest BCUT2D eigenvalue weighted by molar-refractivity contribution is -0.144. The Balaban J connectivity index is 2.07. The largest absolute Gasteiger partial charge is 0.451 e. The predicted molar refractivity (Wildman–Crippen MR) is 73.2 cm³/mol. The number of nitrogens with one attached hydrogen (secondary N) is 1. The van der Waals surface area contributed by atoms with E-state index in [-0.39, 0.29) is 17.5 Å². The fourth-order valence-corrected chi connectivity index (χ4v) is 2.64. The minimum Gasteiger partial charge on any atom is -0.388 e. The molecule has 1 aromatic heterocycles. The summed E-state index contributed by atoms with van der Waals surface area (Å²) in [6, 6.07) is 1.22. The molecule has 0 spiro atoms. The SMILES string of the molecule is OC1(CNc2cc(Cl)nc(C(F)(F)F)n2)CCCCCC1. The highest BCUT2D eigenvalue weighted by atomic mass is 35.5. The van der Waals surface area contributed by atoms with Crippen LogP contribution in [0.15, 0.2) is 6.07 Å². The summed E-state index contributed by atoms with van der Waals surface area (Å²) in [5, 5.41) is 12.9. The Bertz CT molecular complexity index is 488. The number of hydrogen-bond donors (Lipinski definition) is 2. The van der Waals surface area contributed by atoms with Gasteiger partial charge in [0.05, 0.1) is 5.60 Å². The van der Waals surface area contributed by atoms with Crippen LogP contribution in [0.3, 0.4) is 0 Å². The van der Waals surface area contributed by atoms with Crippen LogP contribution in [0.4, 0.5) is 19.0 Å². The fraction of sp³-hybridized carbons (Fsp3) is 0.692. The molecule has 118 valence electrons. The standard InChI is InChI=1S/C13H17ClF3N3O/c14-9-7-10(20-11(19-9)13(15,16)17)18-8-12(21)5-3-1-2-4-6-12/h7,21H,1-6,8H2,(H,18,19,20). The Kier molecular flexibility index (Phi) is 4.93. The molecule has 2 rings (SSSR count). The highest BCUT2D eigenvalue weighted by Gasteiger charge is 2.35. The summed E-state index contributed by atoms with van der Waals surface area (Å²) in [5.74, 6) is -1.31. The summed E-state index contributed by atoms with van der Waals surface area (Å²) < 4.78 is 37.8. The molecule has 0 saturated heterocycles. The van der Waals surface area contributed by atoms with E-state index in [0.717, 1.165) is 25.7 Å². The third-order valence-corrected chi connectivity index (χ3v) is 3.77. The molecule has 0 radical (unpaired) electrons. The molecule has 0 aromatic carbocycles. The number of nitrogens with zero attached hydrogens (tertiary/aromatic N) is 2. The number of aliphatic hydroxyl groups is 1. The van der Waals surface area contributed by atoms with Crippen LogP contribution >= 0.6 is 11.6 Å². The van der Waals surface area contributed by atoms with Gasteiger partial charge < -0.3 is 10.4 Å². The monoisotopic (exact) mass is 323 g/mol. The number of anilines is 1. The van der Waals surface area contributed by atoms with Gasteiger partial charge in [-0.1, -0.05) is 37.3 Å². The summed E-state index contributed by atoms with van der Waals surface area (Å²) >= 11 is 5.58. The van der Waals surface area contributed by atoms with Crippen molar-refractivity contribution in [3.8, 4) is 0 Å². The molecule has 1 aliphatic rings. The zero-order chi connectivity index (χ0) is 15.5. The summed E-state index contributed by atoms with van der Waals surface area (Å²) in [4.78, 5) is 6.56. The van der Waals surface area contributed by atoms with Crippen molar-refractivity contribution in [3.63, 3.8) is 0 Å². The van der Waals surface area contributed by atoms with Gasteiger partial charge in [0.2, 0.25) is 5.82 Å². The van der Waals surface area contributed by atoms with Crippen molar-refractivity contribution in [1.29, 1.82) is 0 Å². The molecule has 2 N–H and O–H groups in total. The van der Waals surface area contributed by atoms with Crippen LogP contribution in [0, 0.1) is 0 Å². The van der Waals surface area contributed by atoms with Crippen molar-refractivity contribution in [3.05, 3.63) is 17.0 Å². The molecule has 0 unspecified atom stereocenters. The number of rotatable bonds is 3. The topological polar surface area (TPSA) is 58.0 Å². The molecule has 1 aromatic rings. The average Bonchev–Trinajstić information content (AvgIpc) is 2.60. The Morgan fingerprint density at radius 1 is 1.19 bits per heavy atom. The zero-order valence-corrected chi connectivity index (χ0v) is 12.1. The van der Waals surface area contributed by atoms with Gasteiger partial charge in [-0.15, -0.1) is 0 Å². The summed E-state index contributed by atoms with van der Waals surface area (Å²) in [6.07, 6.45) is 0.573. The van der Waals surface area contributed by atoms with Crippen molar-refractivity contribution in [1.82, 2.24) is 9.97 Å². The molecular formula is C13H17ClF3N3O. The maximum atomic E-state index is 12.6. The van der Waals surface area contributed by atoms with E-state index in [9.17, 15) is 18.3 Å². The molecule has 0 bridgehead atoms. The Hall–Kier alpha value is -1.08. The fourth-order valence-electron chi connectivity index (χ4n) is 2.45. The molecule has 4 nitrogen and oxygen atoms in total. The van der Waals surface area contributed by atoms with Crippen LogP contribution < -0.4 is 5.32 Å². The third kappa shape index (κ3) is 4.71. The van der Waals surface area contributed by atoms with E-state index in [0.29, 0.717) is 12.8 Å². The van der Waals surface area contributed by atoms with Gasteiger partial charge in [-0.3, -0.25) is 0 Å². The van der Waals surface area contributed by atoms with Crippen LogP contribution in [-0.2, 0) is 6.18 Å². The van der Waals surface area contributed by atoms with E-state index in [2.05, 4.69) is 15.3 Å². The first-order valence-corrected chi connectivity index (χ1v) is 7.24. The molecule has 0 aliphatic heterocycles. The highest BCUT2D eigenvalue weighted by Crippen LogP contribution is 2.30. The molecule has 0 atom stereocenters. The minimum atomic E-state index is -4.65. The number of hydrogen-bond acceptors (Lipinski definition) is 4. The van der Waals surface area contributed by atoms with Crippen molar-refractivity contribution in [2.24, 2.45) is 0 Å². The van der Waals surface area contributed by atoms with Crippen LogP contribution in [0.1, 0.15) is 44.3 Å². The molecule has 8 heteroatoms. The van der Waals surface area contributed by atoms with Gasteiger partial charge in [0.15, 0.2) is 0 Å². The maximum absolute atomic E-state index is 12.6. The lowest BCUT2D eigenvalue weighted by Crippen LogP contribution is -2.36. The first-order valence-electron chi connectivity index (χ1n) is 6.87. The van der Waals surface area contributed by atoms with Crippen LogP contribution in [0.5, 0.6) is 0 Å². The van der Waals surface area contributed by atoms with Crippen LogP contribution in [-0.4, -0.2) is 27.2 Å². The second kappa shape index (κ2) is 6.36. The first-order chi connectivity index (χ1) is 9.78. The van der Waals surface area contributed by atoms with E-state index in [1.807, 2.05) is 0 Å². The van der Waals surface area contributed by atoms with Gasteiger partial charge in [0.1, 0.15) is 11.0 Å². The number of halogens is 4. The predicted octanol–water partition coefficient (Wildman–Crippen LogP) is 3.65.